The molecule has 1 aliphatic rings. The second-order valence-electron chi connectivity index (χ2n) is 3.85. The summed E-state index contributed by atoms with van der Waals surface area (Å²) in [5.41, 5.74) is 10.1. The number of anilines is 1. The van der Waals surface area contributed by atoms with Crippen molar-refractivity contribution < 1.29 is 9.58 Å². The number of hydrogen-bond acceptors (Lipinski definition) is 1. The molecule has 0 bridgehead atoms. The molecule has 2 rings (SSSR count). The van der Waals surface area contributed by atoms with Crippen molar-refractivity contribution >= 4 is 28.9 Å². The van der Waals surface area contributed by atoms with E-state index in [4.69, 9.17) is 17.1 Å². The fraction of sp³-hybridized carbons (Fsp3) is 0.273. The van der Waals surface area contributed by atoms with Crippen LogP contribution in [0.25, 0.3) is 5.53 Å². The summed E-state index contributed by atoms with van der Waals surface area (Å²) in [4.78, 5) is 16.6. The van der Waals surface area contributed by atoms with Gasteiger partial charge in [0.1, 0.15) is 5.56 Å². The van der Waals surface area contributed by atoms with Crippen LogP contribution in [0, 0.1) is 0 Å². The fourth-order valence-corrected chi connectivity index (χ4v) is 2.14. The second-order valence-corrected chi connectivity index (χ2v) is 4.26. The highest BCUT2D eigenvalue weighted by Gasteiger charge is 2.43. The Bertz CT molecular complexity index is 518. The van der Waals surface area contributed by atoms with Crippen molar-refractivity contribution in [1.29, 1.82) is 0 Å². The van der Waals surface area contributed by atoms with E-state index in [0.29, 0.717) is 16.3 Å². The molecule has 0 saturated carbocycles. The van der Waals surface area contributed by atoms with Gasteiger partial charge in [0.25, 0.3) is 0 Å². The van der Waals surface area contributed by atoms with Gasteiger partial charge in [-0.25, -0.2) is 0 Å². The normalized spacial score (nSPS) is 14.4. The second kappa shape index (κ2) is 3.74. The van der Waals surface area contributed by atoms with Crippen LogP contribution < -0.4 is 4.90 Å². The van der Waals surface area contributed by atoms with Gasteiger partial charge in [-0.15, -0.1) is 0 Å². The third-order valence-electron chi connectivity index (χ3n) is 2.53. The molecule has 16 heavy (non-hydrogen) atoms. The van der Waals surface area contributed by atoms with E-state index in [-0.39, 0.29) is 17.7 Å². The number of carbonyl (C=O) groups excluding carboxylic acids is 1. The molecular formula is C11H10ClN3O. The Morgan fingerprint density at radius 1 is 1.44 bits per heavy atom. The van der Waals surface area contributed by atoms with Crippen molar-refractivity contribution in [3.05, 3.63) is 34.3 Å². The zero-order chi connectivity index (χ0) is 11.9. The Kier molecular flexibility index (Phi) is 2.54. The van der Waals surface area contributed by atoms with E-state index in [9.17, 15) is 4.79 Å². The monoisotopic (exact) mass is 235 g/mol. The number of carbonyl (C=O) groups is 1. The lowest BCUT2D eigenvalue weighted by atomic mass is 10.1. The highest BCUT2D eigenvalue weighted by molar-refractivity contribution is 6.55. The molecule has 1 amide bonds. The van der Waals surface area contributed by atoms with Gasteiger partial charge in [0.15, 0.2) is 0 Å². The lowest BCUT2D eigenvalue weighted by Crippen LogP contribution is -2.36. The maximum Gasteiger partial charge on any atom is 0.390 e. The van der Waals surface area contributed by atoms with Crippen LogP contribution in [-0.2, 0) is 4.79 Å². The Morgan fingerprint density at radius 3 is 2.69 bits per heavy atom. The Morgan fingerprint density at radius 2 is 2.12 bits per heavy atom. The van der Waals surface area contributed by atoms with Gasteiger partial charge in [0.05, 0.1) is 10.7 Å². The van der Waals surface area contributed by atoms with E-state index in [1.165, 1.54) is 0 Å². The molecule has 82 valence electrons. The van der Waals surface area contributed by atoms with Gasteiger partial charge in [-0.1, -0.05) is 17.7 Å². The van der Waals surface area contributed by atoms with Gasteiger partial charge < -0.3 is 5.53 Å². The third-order valence-corrected chi connectivity index (χ3v) is 2.84. The van der Waals surface area contributed by atoms with Crippen LogP contribution in [0.5, 0.6) is 0 Å². The summed E-state index contributed by atoms with van der Waals surface area (Å²) in [6.07, 6.45) is 0. The van der Waals surface area contributed by atoms with E-state index in [1.807, 2.05) is 13.8 Å². The number of rotatable bonds is 1. The molecule has 0 spiro atoms. The van der Waals surface area contributed by atoms with E-state index in [0.717, 1.165) is 0 Å². The average Bonchev–Trinajstić information content (AvgIpc) is 2.51. The predicted octanol–water partition coefficient (Wildman–Crippen LogP) is 2.11. The molecule has 5 heteroatoms. The topological polar surface area (TPSA) is 56.7 Å². The van der Waals surface area contributed by atoms with Gasteiger partial charge in [-0.2, -0.15) is 4.79 Å². The summed E-state index contributed by atoms with van der Waals surface area (Å²) in [5.74, 6) is -0.319. The summed E-state index contributed by atoms with van der Waals surface area (Å²) in [7, 11) is 0. The number of fused-ring (bicyclic) bond motifs is 1. The third kappa shape index (κ3) is 1.35. The predicted molar refractivity (Wildman–Crippen MR) is 61.8 cm³/mol. The molecule has 1 aliphatic heterocycles. The smallest absolute Gasteiger partial charge is 0.361 e. The van der Waals surface area contributed by atoms with Crippen molar-refractivity contribution in [2.75, 3.05) is 4.90 Å². The van der Waals surface area contributed by atoms with Gasteiger partial charge in [0, 0.05) is 6.04 Å². The van der Waals surface area contributed by atoms with Crippen LogP contribution in [0.1, 0.15) is 19.4 Å². The summed E-state index contributed by atoms with van der Waals surface area (Å²) >= 11 is 6.01. The Labute approximate surface area is 98.1 Å². The summed E-state index contributed by atoms with van der Waals surface area (Å²) in [6, 6.07) is 5.22. The molecule has 4 nitrogen and oxygen atoms in total. The molecule has 0 fully saturated rings. The highest BCUT2D eigenvalue weighted by atomic mass is 35.5. The minimum atomic E-state index is -0.319. The summed E-state index contributed by atoms with van der Waals surface area (Å²) in [6.45, 7) is 3.78. The largest absolute Gasteiger partial charge is 0.390 e. The molecule has 0 aliphatic carbocycles. The molecule has 0 unspecified atom stereocenters. The van der Waals surface area contributed by atoms with E-state index < -0.39 is 0 Å². The molecule has 0 saturated heterocycles. The first kappa shape index (κ1) is 10.9. The lowest BCUT2D eigenvalue weighted by molar-refractivity contribution is -0.116. The zero-order valence-electron chi connectivity index (χ0n) is 8.94. The van der Waals surface area contributed by atoms with Crippen molar-refractivity contribution in [3.8, 4) is 0 Å². The van der Waals surface area contributed by atoms with Gasteiger partial charge in [-0.3, -0.25) is 9.69 Å². The summed E-state index contributed by atoms with van der Waals surface area (Å²) < 4.78 is 0. The standard InChI is InChI=1S/C11H10ClN3O/c1-6(2)15-8-5-3-4-7(12)9(8)10(14-13)11(15)16/h3-6H,1-2H3. The van der Waals surface area contributed by atoms with Gasteiger partial charge in [-0.05, 0) is 26.0 Å². The van der Waals surface area contributed by atoms with Crippen LogP contribution in [0.4, 0.5) is 5.69 Å². The number of amides is 1. The minimum absolute atomic E-state index is 0.00861. The zero-order valence-corrected chi connectivity index (χ0v) is 9.69. The first-order valence-electron chi connectivity index (χ1n) is 4.92. The molecule has 1 aromatic rings. The minimum Gasteiger partial charge on any atom is -0.361 e. The van der Waals surface area contributed by atoms with Crippen LogP contribution in [0.15, 0.2) is 18.2 Å². The first-order valence-corrected chi connectivity index (χ1v) is 5.30. The van der Waals surface area contributed by atoms with Crippen molar-refractivity contribution in [2.45, 2.75) is 19.9 Å². The number of halogens is 1. The van der Waals surface area contributed by atoms with Crippen LogP contribution in [0.3, 0.4) is 0 Å². The lowest BCUT2D eigenvalue weighted by Gasteiger charge is -2.19. The SMILES string of the molecule is CC(C)N1C(=O)C(=[N+]=[N-])c2c(Cl)cccc21. The number of benzene rings is 1. The highest BCUT2D eigenvalue weighted by Crippen LogP contribution is 2.34. The average molecular weight is 236 g/mol. The Hall–Kier alpha value is -1.64. The molecule has 0 N–H and O–H groups in total. The van der Waals surface area contributed by atoms with Crippen LogP contribution in [0.2, 0.25) is 5.02 Å². The van der Waals surface area contributed by atoms with Crippen LogP contribution >= 0.6 is 11.6 Å². The number of hydrogen-bond donors (Lipinski definition) is 0. The molecule has 1 aromatic carbocycles. The van der Waals surface area contributed by atoms with Crippen LogP contribution in [-0.4, -0.2) is 22.5 Å². The maximum atomic E-state index is 12.0. The maximum absolute atomic E-state index is 12.0. The molecule has 0 radical (unpaired) electrons. The number of nitrogens with zero attached hydrogens (tertiary/aromatic N) is 3. The van der Waals surface area contributed by atoms with Crippen molar-refractivity contribution in [3.63, 3.8) is 0 Å². The molecule has 0 atom stereocenters. The summed E-state index contributed by atoms with van der Waals surface area (Å²) in [5, 5.41) is 0.418. The van der Waals surface area contributed by atoms with Crippen molar-refractivity contribution in [1.82, 2.24) is 0 Å². The van der Waals surface area contributed by atoms with E-state index in [1.54, 1.807) is 23.1 Å². The molecule has 0 aromatic heterocycles. The first-order chi connectivity index (χ1) is 7.57. The molecule has 1 heterocycles. The Balaban J connectivity index is 2.74. The fourth-order valence-electron chi connectivity index (χ4n) is 1.88. The van der Waals surface area contributed by atoms with E-state index >= 15 is 0 Å². The van der Waals surface area contributed by atoms with Crippen molar-refractivity contribution in [2.24, 2.45) is 0 Å². The van der Waals surface area contributed by atoms with Gasteiger partial charge in [0.2, 0.25) is 0 Å². The quantitative estimate of drug-likeness (QED) is 0.543. The molecular weight excluding hydrogens is 226 g/mol. The van der Waals surface area contributed by atoms with Gasteiger partial charge >= 0.3 is 11.6 Å². The van der Waals surface area contributed by atoms with E-state index in [2.05, 4.69) is 4.79 Å².